The van der Waals surface area contributed by atoms with Gasteiger partial charge in [0, 0.05) is 29.1 Å². The Morgan fingerprint density at radius 3 is 2.90 bits per heavy atom. The maximum Gasteiger partial charge on any atom is 0.239 e. The number of pyridine rings is 1. The molecule has 2 N–H and O–H groups in total. The second kappa shape index (κ2) is 7.26. The van der Waals surface area contributed by atoms with Gasteiger partial charge < -0.3 is 10.6 Å². The minimum atomic E-state index is -0.0834. The molecule has 0 aliphatic rings. The number of hydrogen-bond donors (Lipinski definition) is 2. The van der Waals surface area contributed by atoms with Gasteiger partial charge in [0.2, 0.25) is 5.91 Å². The molecule has 2 rings (SSSR count). The fourth-order valence-corrected chi connectivity index (χ4v) is 2.05. The number of rotatable bonds is 5. The second-order valence-electron chi connectivity index (χ2n) is 4.12. The number of nitrogens with one attached hydrogen (secondary N) is 2. The molecule has 1 aromatic carbocycles. The third kappa shape index (κ3) is 4.51. The summed E-state index contributed by atoms with van der Waals surface area (Å²) in [6, 6.07) is 9.17. The summed E-state index contributed by atoms with van der Waals surface area (Å²) < 4.78 is 0.792. The summed E-state index contributed by atoms with van der Waals surface area (Å²) in [6.45, 7) is 0.674. The number of carbonyl (C=O) groups is 1. The van der Waals surface area contributed by atoms with E-state index in [-0.39, 0.29) is 12.5 Å². The van der Waals surface area contributed by atoms with Crippen LogP contribution in [0.15, 0.2) is 47.2 Å². The van der Waals surface area contributed by atoms with E-state index in [0.29, 0.717) is 11.6 Å². The number of anilines is 1. The summed E-state index contributed by atoms with van der Waals surface area (Å²) in [7, 11) is 0. The van der Waals surface area contributed by atoms with E-state index in [0.717, 1.165) is 15.7 Å². The normalized spacial score (nSPS) is 10.1. The van der Waals surface area contributed by atoms with Crippen LogP contribution in [0.3, 0.4) is 0 Å². The van der Waals surface area contributed by atoms with Crippen molar-refractivity contribution in [2.75, 3.05) is 11.9 Å². The van der Waals surface area contributed by atoms with Crippen molar-refractivity contribution in [3.63, 3.8) is 0 Å². The third-order valence-electron chi connectivity index (χ3n) is 2.59. The summed E-state index contributed by atoms with van der Waals surface area (Å²) in [6.07, 6.45) is 3.43. The molecule has 2 aromatic rings. The first-order valence-electron chi connectivity index (χ1n) is 5.99. The number of aromatic nitrogens is 1. The highest BCUT2D eigenvalue weighted by molar-refractivity contribution is 9.10. The lowest BCUT2D eigenvalue weighted by Gasteiger charge is -2.08. The van der Waals surface area contributed by atoms with Crippen LogP contribution >= 0.6 is 27.5 Å². The number of carbonyl (C=O) groups excluding carboxylic acids is 1. The average Bonchev–Trinajstić information content (AvgIpc) is 2.47. The minimum Gasteiger partial charge on any atom is -0.376 e. The van der Waals surface area contributed by atoms with Crippen LogP contribution in [-0.2, 0) is 11.3 Å². The van der Waals surface area contributed by atoms with Crippen LogP contribution in [0, 0.1) is 0 Å². The molecule has 1 heterocycles. The molecule has 1 amide bonds. The van der Waals surface area contributed by atoms with Crippen molar-refractivity contribution in [2.45, 2.75) is 6.54 Å². The number of hydrogen-bond acceptors (Lipinski definition) is 3. The minimum absolute atomic E-state index is 0.0834. The number of benzene rings is 1. The van der Waals surface area contributed by atoms with E-state index in [2.05, 4.69) is 31.5 Å². The van der Waals surface area contributed by atoms with Crippen LogP contribution in [0.25, 0.3) is 0 Å². The summed E-state index contributed by atoms with van der Waals surface area (Å²) in [5.41, 5.74) is 1.80. The lowest BCUT2D eigenvalue weighted by atomic mass is 10.3. The smallest absolute Gasteiger partial charge is 0.239 e. The van der Waals surface area contributed by atoms with Crippen molar-refractivity contribution in [2.24, 2.45) is 0 Å². The number of halogens is 2. The molecule has 0 atom stereocenters. The van der Waals surface area contributed by atoms with Gasteiger partial charge in [0.1, 0.15) is 0 Å². The molecule has 6 heteroatoms. The van der Waals surface area contributed by atoms with Crippen molar-refractivity contribution in [1.82, 2.24) is 10.3 Å². The Morgan fingerprint density at radius 2 is 2.20 bits per heavy atom. The molecule has 0 saturated carbocycles. The Morgan fingerprint density at radius 1 is 1.35 bits per heavy atom. The van der Waals surface area contributed by atoms with Crippen LogP contribution < -0.4 is 10.6 Å². The highest BCUT2D eigenvalue weighted by Crippen LogP contribution is 2.25. The van der Waals surface area contributed by atoms with Gasteiger partial charge in [0.25, 0.3) is 0 Å². The Hall–Kier alpha value is -1.59. The Balaban J connectivity index is 1.79. The molecule has 0 aliphatic heterocycles. The van der Waals surface area contributed by atoms with Gasteiger partial charge in [-0.05, 0) is 45.8 Å². The third-order valence-corrected chi connectivity index (χ3v) is 3.80. The van der Waals surface area contributed by atoms with Gasteiger partial charge in [0.15, 0.2) is 0 Å². The van der Waals surface area contributed by atoms with E-state index in [1.54, 1.807) is 18.5 Å². The van der Waals surface area contributed by atoms with Gasteiger partial charge >= 0.3 is 0 Å². The SMILES string of the molecule is O=C(CNc1ccc(Cl)c(Br)c1)NCc1cccnc1. The summed E-state index contributed by atoms with van der Waals surface area (Å²) >= 11 is 9.24. The predicted octanol–water partition coefficient (Wildman–Crippen LogP) is 3.23. The van der Waals surface area contributed by atoms with Gasteiger partial charge in [-0.1, -0.05) is 17.7 Å². The van der Waals surface area contributed by atoms with E-state index in [4.69, 9.17) is 11.6 Å². The molecule has 0 fully saturated rings. The van der Waals surface area contributed by atoms with Crippen molar-refractivity contribution in [1.29, 1.82) is 0 Å². The van der Waals surface area contributed by atoms with E-state index < -0.39 is 0 Å². The Bertz CT molecular complexity index is 592. The van der Waals surface area contributed by atoms with Crippen LogP contribution in [0.5, 0.6) is 0 Å². The van der Waals surface area contributed by atoms with Gasteiger partial charge in [-0.15, -0.1) is 0 Å². The van der Waals surface area contributed by atoms with Crippen LogP contribution in [0.1, 0.15) is 5.56 Å². The zero-order valence-corrected chi connectivity index (χ0v) is 12.9. The monoisotopic (exact) mass is 353 g/mol. The van der Waals surface area contributed by atoms with E-state index in [9.17, 15) is 4.79 Å². The summed E-state index contributed by atoms with van der Waals surface area (Å²) in [5, 5.41) is 6.48. The number of amides is 1. The zero-order valence-electron chi connectivity index (χ0n) is 10.6. The maximum atomic E-state index is 11.7. The van der Waals surface area contributed by atoms with Crippen LogP contribution in [0.4, 0.5) is 5.69 Å². The van der Waals surface area contributed by atoms with Crippen LogP contribution in [0.2, 0.25) is 5.02 Å². The first kappa shape index (κ1) is 14.8. The predicted molar refractivity (Wildman–Crippen MR) is 83.7 cm³/mol. The molecule has 4 nitrogen and oxygen atoms in total. The average molecular weight is 355 g/mol. The highest BCUT2D eigenvalue weighted by atomic mass is 79.9. The molecular formula is C14H13BrClN3O. The lowest BCUT2D eigenvalue weighted by Crippen LogP contribution is -2.29. The zero-order chi connectivity index (χ0) is 14.4. The molecule has 20 heavy (non-hydrogen) atoms. The first-order chi connectivity index (χ1) is 9.65. The van der Waals surface area contributed by atoms with Crippen molar-refractivity contribution in [3.05, 3.63) is 57.8 Å². The van der Waals surface area contributed by atoms with Gasteiger partial charge in [-0.25, -0.2) is 0 Å². The standard InChI is InChI=1S/C14H13BrClN3O/c15-12-6-11(3-4-13(12)16)18-9-14(20)19-8-10-2-1-5-17-7-10/h1-7,18H,8-9H2,(H,19,20). The summed E-state index contributed by atoms with van der Waals surface area (Å²) in [5.74, 6) is -0.0834. The van der Waals surface area contributed by atoms with Crippen LogP contribution in [-0.4, -0.2) is 17.4 Å². The van der Waals surface area contributed by atoms with Gasteiger partial charge in [0.05, 0.1) is 11.6 Å². The Kier molecular flexibility index (Phi) is 5.38. The fraction of sp³-hybridized carbons (Fsp3) is 0.143. The molecule has 0 aliphatic carbocycles. The van der Waals surface area contributed by atoms with E-state index in [1.807, 2.05) is 24.3 Å². The molecule has 104 valence electrons. The molecular weight excluding hydrogens is 342 g/mol. The van der Waals surface area contributed by atoms with Gasteiger partial charge in [-0.3, -0.25) is 9.78 Å². The fourth-order valence-electron chi connectivity index (χ4n) is 1.55. The van der Waals surface area contributed by atoms with Gasteiger partial charge in [-0.2, -0.15) is 0 Å². The largest absolute Gasteiger partial charge is 0.376 e. The van der Waals surface area contributed by atoms with E-state index >= 15 is 0 Å². The van der Waals surface area contributed by atoms with Crippen molar-refractivity contribution >= 4 is 39.1 Å². The molecule has 1 aromatic heterocycles. The Labute approximate surface area is 130 Å². The summed E-state index contributed by atoms with van der Waals surface area (Å²) in [4.78, 5) is 15.7. The maximum absolute atomic E-state index is 11.7. The van der Waals surface area contributed by atoms with E-state index in [1.165, 1.54) is 0 Å². The lowest BCUT2D eigenvalue weighted by molar-refractivity contribution is -0.119. The molecule has 0 spiro atoms. The highest BCUT2D eigenvalue weighted by Gasteiger charge is 2.03. The molecule has 0 radical (unpaired) electrons. The van der Waals surface area contributed by atoms with Crippen molar-refractivity contribution in [3.8, 4) is 0 Å². The number of nitrogens with zero attached hydrogens (tertiary/aromatic N) is 1. The first-order valence-corrected chi connectivity index (χ1v) is 7.17. The topological polar surface area (TPSA) is 54.0 Å². The quantitative estimate of drug-likeness (QED) is 0.867. The molecule has 0 saturated heterocycles. The molecule has 0 unspecified atom stereocenters. The second-order valence-corrected chi connectivity index (χ2v) is 5.38. The molecule has 0 bridgehead atoms. The van der Waals surface area contributed by atoms with Crippen molar-refractivity contribution < 1.29 is 4.79 Å².